The fourth-order valence-corrected chi connectivity index (χ4v) is 2.56. The van der Waals surface area contributed by atoms with Crippen LogP contribution in [0.1, 0.15) is 20.8 Å². The molecule has 2 saturated heterocycles. The summed E-state index contributed by atoms with van der Waals surface area (Å²) >= 11 is 0. The molecule has 120 valence electrons. The predicted octanol–water partition coefficient (Wildman–Crippen LogP) is 0.481. The topological polar surface area (TPSA) is 68.3 Å². The Morgan fingerprint density at radius 1 is 1.10 bits per heavy atom. The molecule has 1 amide bonds. The maximum absolute atomic E-state index is 12.0. The summed E-state index contributed by atoms with van der Waals surface area (Å²) in [5, 5.41) is 0. The zero-order valence-electron chi connectivity index (χ0n) is 13.2. The van der Waals surface area contributed by atoms with Crippen molar-refractivity contribution in [3.05, 3.63) is 0 Å². The van der Waals surface area contributed by atoms with Gasteiger partial charge in [-0.15, -0.1) is 0 Å². The van der Waals surface area contributed by atoms with Gasteiger partial charge in [0.15, 0.2) is 5.54 Å². The van der Waals surface area contributed by atoms with Gasteiger partial charge in [0.05, 0.1) is 20.3 Å². The maximum Gasteiger partial charge on any atom is 0.410 e. The molecule has 7 nitrogen and oxygen atoms in total. The SMILES string of the molecule is COC(=O)C1(N2CCN(C(=O)OC(C)(C)C)CC2)COC1. The summed E-state index contributed by atoms with van der Waals surface area (Å²) in [4.78, 5) is 27.7. The standard InChI is InChI=1S/C14H24N2O5/c1-13(2,3)21-12(18)15-5-7-16(8-6-15)14(9-20-10-14)11(17)19-4/h5-10H2,1-4H3. The van der Waals surface area contributed by atoms with Gasteiger partial charge in [-0.2, -0.15) is 0 Å². The van der Waals surface area contributed by atoms with Gasteiger partial charge in [-0.05, 0) is 20.8 Å². The van der Waals surface area contributed by atoms with Crippen LogP contribution in [0.4, 0.5) is 4.79 Å². The summed E-state index contributed by atoms with van der Waals surface area (Å²) in [5.41, 5.74) is -1.17. The Hall–Kier alpha value is -1.34. The van der Waals surface area contributed by atoms with Crippen molar-refractivity contribution in [3.63, 3.8) is 0 Å². The van der Waals surface area contributed by atoms with Crippen LogP contribution in [0.3, 0.4) is 0 Å². The average molecular weight is 300 g/mol. The summed E-state index contributed by atoms with van der Waals surface area (Å²) in [6.07, 6.45) is -0.306. The van der Waals surface area contributed by atoms with Crippen LogP contribution in [-0.2, 0) is 19.0 Å². The van der Waals surface area contributed by atoms with E-state index < -0.39 is 11.1 Å². The van der Waals surface area contributed by atoms with E-state index in [1.54, 1.807) is 4.90 Å². The molecule has 0 N–H and O–H groups in total. The predicted molar refractivity (Wildman–Crippen MR) is 74.9 cm³/mol. The van der Waals surface area contributed by atoms with Crippen molar-refractivity contribution in [2.75, 3.05) is 46.5 Å². The highest BCUT2D eigenvalue weighted by Gasteiger charge is 2.52. The minimum absolute atomic E-state index is 0.264. The summed E-state index contributed by atoms with van der Waals surface area (Å²) < 4.78 is 15.5. The van der Waals surface area contributed by atoms with Crippen molar-refractivity contribution >= 4 is 12.1 Å². The van der Waals surface area contributed by atoms with E-state index in [2.05, 4.69) is 0 Å². The highest BCUT2D eigenvalue weighted by atomic mass is 16.6. The van der Waals surface area contributed by atoms with Crippen molar-refractivity contribution in [1.82, 2.24) is 9.80 Å². The van der Waals surface area contributed by atoms with Gasteiger partial charge in [0.2, 0.25) is 0 Å². The fourth-order valence-electron chi connectivity index (χ4n) is 2.56. The molecule has 0 aromatic rings. The number of carbonyl (C=O) groups is 2. The second-order valence-electron chi connectivity index (χ2n) is 6.47. The first-order chi connectivity index (χ1) is 9.78. The molecule has 0 spiro atoms. The van der Waals surface area contributed by atoms with Crippen LogP contribution in [0, 0.1) is 0 Å². The lowest BCUT2D eigenvalue weighted by Crippen LogP contribution is -2.70. The Bertz CT molecular complexity index is 406. The molecule has 0 unspecified atom stereocenters. The first kappa shape index (κ1) is 16.0. The summed E-state index contributed by atoms with van der Waals surface area (Å²) in [7, 11) is 1.39. The van der Waals surface area contributed by atoms with Crippen LogP contribution in [0.25, 0.3) is 0 Å². The summed E-state index contributed by atoms with van der Waals surface area (Å²) in [6.45, 7) is 8.53. The van der Waals surface area contributed by atoms with Gasteiger partial charge in [-0.25, -0.2) is 9.59 Å². The molecule has 21 heavy (non-hydrogen) atoms. The zero-order valence-corrected chi connectivity index (χ0v) is 13.2. The Balaban J connectivity index is 1.91. The Labute approximate surface area is 125 Å². The van der Waals surface area contributed by atoms with E-state index >= 15 is 0 Å². The number of ether oxygens (including phenoxy) is 3. The second kappa shape index (κ2) is 5.81. The third-order valence-corrected chi connectivity index (χ3v) is 3.78. The first-order valence-corrected chi connectivity index (χ1v) is 7.18. The minimum Gasteiger partial charge on any atom is -0.467 e. The molecule has 2 rings (SSSR count). The number of piperazine rings is 1. The van der Waals surface area contributed by atoms with Crippen molar-refractivity contribution in [2.24, 2.45) is 0 Å². The monoisotopic (exact) mass is 300 g/mol. The van der Waals surface area contributed by atoms with Gasteiger partial charge in [0, 0.05) is 26.2 Å². The van der Waals surface area contributed by atoms with Crippen LogP contribution in [-0.4, -0.2) is 79.5 Å². The van der Waals surface area contributed by atoms with Crippen molar-refractivity contribution < 1.29 is 23.8 Å². The van der Waals surface area contributed by atoms with Gasteiger partial charge in [-0.1, -0.05) is 0 Å². The molecule has 0 atom stereocenters. The van der Waals surface area contributed by atoms with Gasteiger partial charge in [0.25, 0.3) is 0 Å². The van der Waals surface area contributed by atoms with Gasteiger partial charge in [-0.3, -0.25) is 4.90 Å². The molecule has 0 saturated carbocycles. The number of esters is 1. The van der Waals surface area contributed by atoms with Crippen LogP contribution in [0.2, 0.25) is 0 Å². The normalized spacial score (nSPS) is 22.4. The number of nitrogens with zero attached hydrogens (tertiary/aromatic N) is 2. The van der Waals surface area contributed by atoms with E-state index in [0.717, 1.165) is 0 Å². The van der Waals surface area contributed by atoms with Crippen LogP contribution in [0.5, 0.6) is 0 Å². The number of carbonyl (C=O) groups excluding carboxylic acids is 2. The average Bonchev–Trinajstić information content (AvgIpc) is 2.36. The van der Waals surface area contributed by atoms with Crippen LogP contribution >= 0.6 is 0 Å². The third-order valence-electron chi connectivity index (χ3n) is 3.78. The number of hydrogen-bond acceptors (Lipinski definition) is 6. The van der Waals surface area contributed by atoms with Gasteiger partial charge < -0.3 is 19.1 Å². The van der Waals surface area contributed by atoms with Crippen LogP contribution < -0.4 is 0 Å². The summed E-state index contributed by atoms with van der Waals surface area (Å²) in [5.74, 6) is -0.264. The lowest BCUT2D eigenvalue weighted by molar-refractivity contribution is -0.193. The fraction of sp³-hybridized carbons (Fsp3) is 0.857. The minimum atomic E-state index is -0.672. The molecule has 2 aliphatic rings. The molecule has 0 aromatic heterocycles. The van der Waals surface area contributed by atoms with E-state index in [9.17, 15) is 9.59 Å². The number of hydrogen-bond donors (Lipinski definition) is 0. The number of rotatable bonds is 2. The first-order valence-electron chi connectivity index (χ1n) is 7.18. The Morgan fingerprint density at radius 2 is 1.67 bits per heavy atom. The van der Waals surface area contributed by atoms with Crippen LogP contribution in [0.15, 0.2) is 0 Å². The molecule has 7 heteroatoms. The van der Waals surface area contributed by atoms with E-state index in [0.29, 0.717) is 39.4 Å². The van der Waals surface area contributed by atoms with E-state index in [1.807, 2.05) is 25.7 Å². The van der Waals surface area contributed by atoms with Crippen molar-refractivity contribution in [2.45, 2.75) is 31.9 Å². The van der Waals surface area contributed by atoms with E-state index in [4.69, 9.17) is 14.2 Å². The number of methoxy groups -OCH3 is 1. The molecule has 2 fully saturated rings. The quantitative estimate of drug-likeness (QED) is 0.691. The molecule has 0 radical (unpaired) electrons. The highest BCUT2D eigenvalue weighted by Crippen LogP contribution is 2.28. The molecule has 0 aliphatic carbocycles. The maximum atomic E-state index is 12.0. The lowest BCUT2D eigenvalue weighted by Gasteiger charge is -2.49. The van der Waals surface area contributed by atoms with E-state index in [-0.39, 0.29) is 12.1 Å². The lowest BCUT2D eigenvalue weighted by atomic mass is 9.94. The third kappa shape index (κ3) is 3.29. The molecular weight excluding hydrogens is 276 g/mol. The second-order valence-corrected chi connectivity index (χ2v) is 6.47. The molecular formula is C14H24N2O5. The largest absolute Gasteiger partial charge is 0.467 e. The molecule has 0 bridgehead atoms. The Kier molecular flexibility index (Phi) is 4.43. The number of amides is 1. The molecule has 0 aromatic carbocycles. The van der Waals surface area contributed by atoms with Crippen molar-refractivity contribution in [3.8, 4) is 0 Å². The smallest absolute Gasteiger partial charge is 0.410 e. The highest BCUT2D eigenvalue weighted by molar-refractivity contribution is 5.82. The van der Waals surface area contributed by atoms with E-state index in [1.165, 1.54) is 7.11 Å². The zero-order chi connectivity index (χ0) is 15.7. The Morgan fingerprint density at radius 3 is 2.05 bits per heavy atom. The molecule has 2 aliphatic heterocycles. The van der Waals surface area contributed by atoms with Gasteiger partial charge >= 0.3 is 12.1 Å². The van der Waals surface area contributed by atoms with Crippen molar-refractivity contribution in [1.29, 1.82) is 0 Å². The van der Waals surface area contributed by atoms with Gasteiger partial charge in [0.1, 0.15) is 5.60 Å². The summed E-state index contributed by atoms with van der Waals surface area (Å²) in [6, 6.07) is 0. The molecule has 2 heterocycles.